The normalized spacial score (nSPS) is 24.6. The van der Waals surface area contributed by atoms with E-state index in [1.54, 1.807) is 4.90 Å². The van der Waals surface area contributed by atoms with E-state index < -0.39 is 11.2 Å². The fourth-order valence-corrected chi connectivity index (χ4v) is 2.87. The molecule has 2 aliphatic rings. The molecule has 4 nitrogen and oxygen atoms in total. The molecular formula is C14H25NO3. The van der Waals surface area contributed by atoms with Gasteiger partial charge in [0.2, 0.25) is 0 Å². The van der Waals surface area contributed by atoms with Gasteiger partial charge in [-0.25, -0.2) is 4.79 Å². The van der Waals surface area contributed by atoms with Gasteiger partial charge >= 0.3 is 6.09 Å². The molecule has 1 aliphatic heterocycles. The van der Waals surface area contributed by atoms with Crippen LogP contribution in [-0.4, -0.2) is 40.4 Å². The molecule has 1 saturated carbocycles. The van der Waals surface area contributed by atoms with Crippen LogP contribution >= 0.6 is 0 Å². The van der Waals surface area contributed by atoms with Crippen molar-refractivity contribution in [1.29, 1.82) is 0 Å². The van der Waals surface area contributed by atoms with Crippen molar-refractivity contribution in [2.45, 2.75) is 64.1 Å². The molecule has 4 heteroatoms. The third-order valence-electron chi connectivity index (χ3n) is 4.13. The highest BCUT2D eigenvalue weighted by Gasteiger charge is 2.43. The summed E-state index contributed by atoms with van der Waals surface area (Å²) in [5.74, 6) is 0.366. The van der Waals surface area contributed by atoms with E-state index in [2.05, 4.69) is 0 Å². The number of aliphatic hydroxyl groups is 1. The Balaban J connectivity index is 1.81. The Morgan fingerprint density at radius 1 is 1.28 bits per heavy atom. The van der Waals surface area contributed by atoms with E-state index in [4.69, 9.17) is 4.74 Å². The third-order valence-corrected chi connectivity index (χ3v) is 4.13. The van der Waals surface area contributed by atoms with Crippen molar-refractivity contribution in [2.24, 2.45) is 5.92 Å². The maximum absolute atomic E-state index is 11.9. The van der Waals surface area contributed by atoms with Crippen molar-refractivity contribution in [1.82, 2.24) is 4.90 Å². The lowest BCUT2D eigenvalue weighted by atomic mass is 9.68. The zero-order valence-electron chi connectivity index (χ0n) is 11.7. The first-order chi connectivity index (χ1) is 8.30. The molecule has 0 aromatic heterocycles. The fourth-order valence-electron chi connectivity index (χ4n) is 2.87. The molecule has 2 rings (SSSR count). The highest BCUT2D eigenvalue weighted by Crippen LogP contribution is 2.42. The monoisotopic (exact) mass is 255 g/mol. The summed E-state index contributed by atoms with van der Waals surface area (Å²) in [4.78, 5) is 13.7. The van der Waals surface area contributed by atoms with Gasteiger partial charge in [-0.15, -0.1) is 0 Å². The SMILES string of the molecule is CC(C)(C)OC(=O)N1CCC(C2(O)CCC2)CC1. The molecule has 18 heavy (non-hydrogen) atoms. The topological polar surface area (TPSA) is 49.8 Å². The Bertz CT molecular complexity index is 309. The Morgan fingerprint density at radius 3 is 2.22 bits per heavy atom. The summed E-state index contributed by atoms with van der Waals surface area (Å²) in [6.45, 7) is 7.07. The molecule has 2 fully saturated rings. The van der Waals surface area contributed by atoms with Gasteiger partial charge in [-0.2, -0.15) is 0 Å². The Morgan fingerprint density at radius 2 is 1.83 bits per heavy atom. The van der Waals surface area contributed by atoms with Crippen LogP contribution in [0.15, 0.2) is 0 Å². The summed E-state index contributed by atoms with van der Waals surface area (Å²) < 4.78 is 5.36. The van der Waals surface area contributed by atoms with E-state index >= 15 is 0 Å². The summed E-state index contributed by atoms with van der Waals surface area (Å²) in [6.07, 6.45) is 4.59. The number of nitrogens with zero attached hydrogens (tertiary/aromatic N) is 1. The van der Waals surface area contributed by atoms with Crippen LogP contribution in [0.1, 0.15) is 52.9 Å². The summed E-state index contributed by atoms with van der Waals surface area (Å²) in [6, 6.07) is 0. The van der Waals surface area contributed by atoms with Gasteiger partial charge in [0, 0.05) is 13.1 Å². The first-order valence-corrected chi connectivity index (χ1v) is 7.00. The van der Waals surface area contributed by atoms with Gasteiger partial charge in [0.05, 0.1) is 5.60 Å². The quantitative estimate of drug-likeness (QED) is 0.783. The van der Waals surface area contributed by atoms with Crippen LogP contribution in [0, 0.1) is 5.92 Å². The summed E-state index contributed by atoms with van der Waals surface area (Å²) in [7, 11) is 0. The van der Waals surface area contributed by atoms with Crippen LogP contribution in [0.3, 0.4) is 0 Å². The number of hydrogen-bond acceptors (Lipinski definition) is 3. The zero-order valence-corrected chi connectivity index (χ0v) is 11.7. The van der Waals surface area contributed by atoms with Gasteiger partial charge in [0.25, 0.3) is 0 Å². The van der Waals surface area contributed by atoms with Crippen molar-refractivity contribution in [2.75, 3.05) is 13.1 Å². The molecule has 0 spiro atoms. The minimum absolute atomic E-state index is 0.221. The minimum Gasteiger partial charge on any atom is -0.444 e. The Hall–Kier alpha value is -0.770. The number of piperidine rings is 1. The van der Waals surface area contributed by atoms with Crippen molar-refractivity contribution in [3.63, 3.8) is 0 Å². The molecule has 0 aromatic rings. The van der Waals surface area contributed by atoms with Gasteiger partial charge in [0.1, 0.15) is 5.60 Å². The van der Waals surface area contributed by atoms with Gasteiger partial charge in [-0.05, 0) is 58.8 Å². The molecule has 0 bridgehead atoms. The average molecular weight is 255 g/mol. The minimum atomic E-state index is -0.431. The second kappa shape index (κ2) is 4.72. The first-order valence-electron chi connectivity index (χ1n) is 7.00. The number of carbonyl (C=O) groups is 1. The van der Waals surface area contributed by atoms with E-state index in [0.717, 1.165) is 32.1 Å². The fraction of sp³-hybridized carbons (Fsp3) is 0.929. The number of hydrogen-bond donors (Lipinski definition) is 1. The van der Waals surface area contributed by atoms with Crippen LogP contribution < -0.4 is 0 Å². The van der Waals surface area contributed by atoms with E-state index in [0.29, 0.717) is 19.0 Å². The van der Waals surface area contributed by atoms with Crippen molar-refractivity contribution >= 4 is 6.09 Å². The molecule has 0 unspecified atom stereocenters. The summed E-state index contributed by atoms with van der Waals surface area (Å²) in [5, 5.41) is 10.3. The number of carbonyl (C=O) groups excluding carboxylic acids is 1. The van der Waals surface area contributed by atoms with Gasteiger partial charge < -0.3 is 14.7 Å². The molecule has 1 aliphatic carbocycles. The van der Waals surface area contributed by atoms with Crippen LogP contribution in [-0.2, 0) is 4.74 Å². The van der Waals surface area contributed by atoms with Crippen molar-refractivity contribution in [3.05, 3.63) is 0 Å². The van der Waals surface area contributed by atoms with E-state index in [9.17, 15) is 9.90 Å². The van der Waals surface area contributed by atoms with Crippen LogP contribution in [0.5, 0.6) is 0 Å². The highest BCUT2D eigenvalue weighted by molar-refractivity contribution is 5.68. The molecule has 1 heterocycles. The molecule has 1 N–H and O–H groups in total. The second-order valence-electron chi connectivity index (χ2n) is 6.70. The van der Waals surface area contributed by atoms with Crippen LogP contribution in [0.4, 0.5) is 4.79 Å². The first kappa shape index (κ1) is 13.7. The maximum Gasteiger partial charge on any atom is 0.410 e. The molecule has 0 atom stereocenters. The van der Waals surface area contributed by atoms with Crippen LogP contribution in [0.25, 0.3) is 0 Å². The van der Waals surface area contributed by atoms with Crippen molar-refractivity contribution in [3.8, 4) is 0 Å². The molecule has 0 aromatic carbocycles. The lowest BCUT2D eigenvalue weighted by molar-refractivity contribution is -0.0999. The third kappa shape index (κ3) is 2.97. The average Bonchev–Trinajstić information content (AvgIpc) is 2.24. The number of ether oxygens (including phenoxy) is 1. The standard InChI is InChI=1S/C14H25NO3/c1-13(2,3)18-12(16)15-9-5-11(6-10-15)14(17)7-4-8-14/h11,17H,4-10H2,1-3H3. The number of amides is 1. The van der Waals surface area contributed by atoms with Crippen LogP contribution in [0.2, 0.25) is 0 Å². The molecular weight excluding hydrogens is 230 g/mol. The molecule has 0 radical (unpaired) electrons. The lowest BCUT2D eigenvalue weighted by Crippen LogP contribution is -2.50. The van der Waals surface area contributed by atoms with Gasteiger partial charge in [-0.1, -0.05) is 0 Å². The Labute approximate surface area is 109 Å². The maximum atomic E-state index is 11.9. The zero-order chi connectivity index (χ0) is 13.4. The second-order valence-corrected chi connectivity index (χ2v) is 6.70. The van der Waals surface area contributed by atoms with E-state index in [1.807, 2.05) is 20.8 Å². The largest absolute Gasteiger partial charge is 0.444 e. The van der Waals surface area contributed by atoms with E-state index in [1.165, 1.54) is 0 Å². The van der Waals surface area contributed by atoms with Gasteiger partial charge in [0.15, 0.2) is 0 Å². The lowest BCUT2D eigenvalue weighted by Gasteiger charge is -2.46. The predicted molar refractivity (Wildman–Crippen MR) is 69.3 cm³/mol. The smallest absolute Gasteiger partial charge is 0.410 e. The summed E-state index contributed by atoms with van der Waals surface area (Å²) in [5.41, 5.74) is -0.861. The predicted octanol–water partition coefficient (Wildman–Crippen LogP) is 2.55. The Kier molecular flexibility index (Phi) is 3.58. The van der Waals surface area contributed by atoms with Crippen molar-refractivity contribution < 1.29 is 14.6 Å². The molecule has 104 valence electrons. The van der Waals surface area contributed by atoms with E-state index in [-0.39, 0.29) is 6.09 Å². The number of rotatable bonds is 1. The number of likely N-dealkylation sites (tertiary alicyclic amines) is 1. The molecule has 1 amide bonds. The van der Waals surface area contributed by atoms with Gasteiger partial charge in [-0.3, -0.25) is 0 Å². The highest BCUT2D eigenvalue weighted by atomic mass is 16.6. The summed E-state index contributed by atoms with van der Waals surface area (Å²) >= 11 is 0. The molecule has 1 saturated heterocycles.